The molecule has 26 heavy (non-hydrogen) atoms. The van der Waals surface area contributed by atoms with Crippen LogP contribution in [0.3, 0.4) is 0 Å². The lowest BCUT2D eigenvalue weighted by Gasteiger charge is -2.23. The van der Waals surface area contributed by atoms with Crippen LogP contribution in [0.1, 0.15) is 32.1 Å². The van der Waals surface area contributed by atoms with E-state index < -0.39 is 10.0 Å². The molecule has 7 nitrogen and oxygen atoms in total. The second kappa shape index (κ2) is 9.78. The van der Waals surface area contributed by atoms with E-state index in [1.165, 1.54) is 20.0 Å². The van der Waals surface area contributed by atoms with Gasteiger partial charge in [0.05, 0.1) is 25.2 Å². The third-order valence-electron chi connectivity index (χ3n) is 4.34. The monoisotopic (exact) mass is 384 g/mol. The highest BCUT2D eigenvalue weighted by atomic mass is 32.2. The smallest absolute Gasteiger partial charge is 0.240 e. The Morgan fingerprint density at radius 3 is 2.62 bits per heavy atom. The van der Waals surface area contributed by atoms with Crippen LogP contribution in [-0.4, -0.2) is 53.5 Å². The number of benzene rings is 1. The molecule has 0 heterocycles. The Balaban J connectivity index is 1.85. The fraction of sp³-hybridized carbons (Fsp3) is 0.611. The minimum absolute atomic E-state index is 0.289. The number of carbonyl (C=O) groups excluding carboxylic acids is 1. The fourth-order valence-corrected chi connectivity index (χ4v) is 3.87. The third kappa shape index (κ3) is 6.17. The summed E-state index contributed by atoms with van der Waals surface area (Å²) in [6, 6.07) is 6.72. The molecular formula is C18H28N2O5S. The normalized spacial score (nSPS) is 15.0. The fourth-order valence-electron chi connectivity index (χ4n) is 3.01. The van der Waals surface area contributed by atoms with E-state index in [1.54, 1.807) is 24.3 Å². The van der Waals surface area contributed by atoms with E-state index in [9.17, 15) is 13.2 Å². The number of ether oxygens (including phenoxy) is 2. The van der Waals surface area contributed by atoms with Crippen LogP contribution in [0.5, 0.6) is 5.75 Å². The molecule has 0 spiro atoms. The highest BCUT2D eigenvalue weighted by molar-refractivity contribution is 7.92. The zero-order chi connectivity index (χ0) is 19.0. The van der Waals surface area contributed by atoms with Gasteiger partial charge in [-0.3, -0.25) is 9.10 Å². The van der Waals surface area contributed by atoms with Gasteiger partial charge in [0.15, 0.2) is 0 Å². The van der Waals surface area contributed by atoms with Crippen molar-refractivity contribution in [1.82, 2.24) is 5.32 Å². The van der Waals surface area contributed by atoms with E-state index in [2.05, 4.69) is 5.32 Å². The summed E-state index contributed by atoms with van der Waals surface area (Å²) in [5, 5.41) is 2.75. The topological polar surface area (TPSA) is 84.9 Å². The zero-order valence-electron chi connectivity index (χ0n) is 15.4. The van der Waals surface area contributed by atoms with Gasteiger partial charge in [-0.2, -0.15) is 0 Å². The molecule has 8 heteroatoms. The van der Waals surface area contributed by atoms with Crippen LogP contribution < -0.4 is 14.4 Å². The molecule has 0 unspecified atom stereocenters. The molecule has 0 saturated heterocycles. The lowest BCUT2D eigenvalue weighted by atomic mass is 10.3. The van der Waals surface area contributed by atoms with Gasteiger partial charge in [0.2, 0.25) is 15.9 Å². The molecule has 1 N–H and O–H groups in total. The van der Waals surface area contributed by atoms with E-state index in [4.69, 9.17) is 9.47 Å². The molecule has 0 atom stereocenters. The SMILES string of the molecule is COc1ccccc1N(CC(=O)NCCCOC1CCCC1)S(C)(=O)=O. The molecule has 1 fully saturated rings. The quantitative estimate of drug-likeness (QED) is 0.623. The van der Waals surface area contributed by atoms with Crippen molar-refractivity contribution in [2.45, 2.75) is 38.2 Å². The summed E-state index contributed by atoms with van der Waals surface area (Å²) in [6.45, 7) is 0.769. The van der Waals surface area contributed by atoms with Gasteiger partial charge in [0, 0.05) is 13.2 Å². The van der Waals surface area contributed by atoms with Crippen LogP contribution in [0, 0.1) is 0 Å². The van der Waals surface area contributed by atoms with Gasteiger partial charge >= 0.3 is 0 Å². The minimum atomic E-state index is -3.62. The molecular weight excluding hydrogens is 356 g/mol. The van der Waals surface area contributed by atoms with Crippen molar-refractivity contribution in [3.8, 4) is 5.75 Å². The van der Waals surface area contributed by atoms with Crippen LogP contribution in [0.25, 0.3) is 0 Å². The highest BCUT2D eigenvalue weighted by Crippen LogP contribution is 2.29. The Morgan fingerprint density at radius 1 is 1.27 bits per heavy atom. The Kier molecular flexibility index (Phi) is 7.71. The number of methoxy groups -OCH3 is 1. The van der Waals surface area contributed by atoms with Crippen LogP contribution >= 0.6 is 0 Å². The summed E-state index contributed by atoms with van der Waals surface area (Å²) >= 11 is 0. The van der Waals surface area contributed by atoms with Crippen LogP contribution in [0.15, 0.2) is 24.3 Å². The first kappa shape index (κ1) is 20.5. The largest absolute Gasteiger partial charge is 0.495 e. The number of anilines is 1. The Hall–Kier alpha value is -1.80. The summed E-state index contributed by atoms with van der Waals surface area (Å²) in [5.41, 5.74) is 0.345. The number of para-hydroxylation sites is 2. The van der Waals surface area contributed by atoms with E-state index in [0.717, 1.165) is 23.4 Å². The molecule has 1 aliphatic carbocycles. The summed E-state index contributed by atoms with van der Waals surface area (Å²) in [6.07, 6.45) is 6.83. The highest BCUT2D eigenvalue weighted by Gasteiger charge is 2.23. The molecule has 1 saturated carbocycles. The van der Waals surface area contributed by atoms with Gasteiger partial charge in [-0.1, -0.05) is 25.0 Å². The van der Waals surface area contributed by atoms with Crippen molar-refractivity contribution in [2.75, 3.05) is 37.4 Å². The molecule has 1 aromatic carbocycles. The Bertz CT molecular complexity index is 687. The second-order valence-electron chi connectivity index (χ2n) is 6.42. The minimum Gasteiger partial charge on any atom is -0.495 e. The number of nitrogens with zero attached hydrogens (tertiary/aromatic N) is 1. The van der Waals surface area contributed by atoms with Crippen molar-refractivity contribution in [2.24, 2.45) is 0 Å². The average Bonchev–Trinajstić information content (AvgIpc) is 3.12. The van der Waals surface area contributed by atoms with Crippen molar-refractivity contribution in [3.63, 3.8) is 0 Å². The van der Waals surface area contributed by atoms with Crippen molar-refractivity contribution in [3.05, 3.63) is 24.3 Å². The maximum Gasteiger partial charge on any atom is 0.240 e. The van der Waals surface area contributed by atoms with Gasteiger partial charge in [0.1, 0.15) is 12.3 Å². The molecule has 1 aliphatic rings. The van der Waals surface area contributed by atoms with E-state index in [0.29, 0.717) is 37.1 Å². The number of amides is 1. The first-order valence-electron chi connectivity index (χ1n) is 8.91. The standard InChI is InChI=1S/C18H28N2O5S/c1-24-17-11-6-5-10-16(17)20(26(2,22)23)14-18(21)19-12-7-13-25-15-8-3-4-9-15/h5-6,10-11,15H,3-4,7-9,12-14H2,1-2H3,(H,19,21). The predicted octanol–water partition coefficient (Wildman–Crippen LogP) is 1.93. The summed E-state index contributed by atoms with van der Waals surface area (Å²) in [5.74, 6) is 0.0397. The molecule has 2 rings (SSSR count). The van der Waals surface area contributed by atoms with Gasteiger partial charge in [-0.05, 0) is 31.4 Å². The van der Waals surface area contributed by atoms with E-state index >= 15 is 0 Å². The Labute approximate surface area is 155 Å². The predicted molar refractivity (Wildman–Crippen MR) is 101 cm³/mol. The zero-order valence-corrected chi connectivity index (χ0v) is 16.3. The number of nitrogens with one attached hydrogen (secondary N) is 1. The van der Waals surface area contributed by atoms with E-state index in [-0.39, 0.29) is 12.5 Å². The van der Waals surface area contributed by atoms with Gasteiger partial charge in [-0.25, -0.2) is 8.42 Å². The summed E-state index contributed by atoms with van der Waals surface area (Å²) in [7, 11) is -2.16. The molecule has 146 valence electrons. The van der Waals surface area contributed by atoms with Crippen molar-refractivity contribution >= 4 is 21.6 Å². The second-order valence-corrected chi connectivity index (χ2v) is 8.33. The molecule has 1 aromatic rings. The third-order valence-corrected chi connectivity index (χ3v) is 5.47. The maximum absolute atomic E-state index is 12.2. The number of hydrogen-bond donors (Lipinski definition) is 1. The average molecular weight is 384 g/mol. The first-order chi connectivity index (χ1) is 12.4. The number of rotatable bonds is 10. The van der Waals surface area contributed by atoms with Gasteiger partial charge < -0.3 is 14.8 Å². The number of hydrogen-bond acceptors (Lipinski definition) is 5. The molecule has 1 amide bonds. The van der Waals surface area contributed by atoms with Gasteiger partial charge in [-0.15, -0.1) is 0 Å². The van der Waals surface area contributed by atoms with E-state index in [1.807, 2.05) is 0 Å². The van der Waals surface area contributed by atoms with Crippen LogP contribution in [-0.2, 0) is 19.6 Å². The number of sulfonamides is 1. The molecule has 0 radical (unpaired) electrons. The van der Waals surface area contributed by atoms with Crippen molar-refractivity contribution in [1.29, 1.82) is 0 Å². The molecule has 0 bridgehead atoms. The van der Waals surface area contributed by atoms with Crippen LogP contribution in [0.4, 0.5) is 5.69 Å². The first-order valence-corrected chi connectivity index (χ1v) is 10.8. The summed E-state index contributed by atoms with van der Waals surface area (Å²) < 4.78 is 36.3. The van der Waals surface area contributed by atoms with Gasteiger partial charge in [0.25, 0.3) is 0 Å². The van der Waals surface area contributed by atoms with Crippen LogP contribution in [0.2, 0.25) is 0 Å². The Morgan fingerprint density at radius 2 is 1.96 bits per heavy atom. The molecule has 0 aliphatic heterocycles. The maximum atomic E-state index is 12.2. The lowest BCUT2D eigenvalue weighted by Crippen LogP contribution is -2.41. The summed E-state index contributed by atoms with van der Waals surface area (Å²) in [4.78, 5) is 12.2. The number of carbonyl (C=O) groups is 1. The molecule has 0 aromatic heterocycles. The lowest BCUT2D eigenvalue weighted by molar-refractivity contribution is -0.119. The van der Waals surface area contributed by atoms with Crippen molar-refractivity contribution < 1.29 is 22.7 Å².